The van der Waals surface area contributed by atoms with Gasteiger partial charge in [-0.1, -0.05) is 0 Å². The Hall–Kier alpha value is -2.30. The van der Waals surface area contributed by atoms with Crippen molar-refractivity contribution in [3.8, 4) is 6.07 Å². The van der Waals surface area contributed by atoms with E-state index in [0.29, 0.717) is 16.1 Å². The van der Waals surface area contributed by atoms with Crippen LogP contribution in [-0.4, -0.2) is 12.5 Å². The minimum Gasteiger partial charge on any atom is -0.332 e. The molecule has 1 atom stereocenters. The van der Waals surface area contributed by atoms with Crippen molar-refractivity contribution in [3.63, 3.8) is 0 Å². The van der Waals surface area contributed by atoms with Gasteiger partial charge in [0.1, 0.15) is 28.7 Å². The first kappa shape index (κ1) is 18.5. The highest BCUT2D eigenvalue weighted by atomic mass is 32.1. The van der Waals surface area contributed by atoms with Crippen LogP contribution in [-0.2, 0) is 17.6 Å². The predicted molar refractivity (Wildman–Crippen MR) is 95.9 cm³/mol. The van der Waals surface area contributed by atoms with Gasteiger partial charge in [0.05, 0.1) is 5.56 Å². The van der Waals surface area contributed by atoms with Gasteiger partial charge in [0.15, 0.2) is 6.54 Å². The second-order valence-corrected chi connectivity index (χ2v) is 7.57. The highest BCUT2D eigenvalue weighted by Crippen LogP contribution is 2.37. The van der Waals surface area contributed by atoms with Gasteiger partial charge in [0.25, 0.3) is 5.91 Å². The van der Waals surface area contributed by atoms with Crippen molar-refractivity contribution >= 4 is 22.2 Å². The summed E-state index contributed by atoms with van der Waals surface area (Å²) in [7, 11) is 0. The van der Waals surface area contributed by atoms with E-state index in [-0.39, 0.29) is 18.5 Å². The number of quaternary nitrogens is 1. The zero-order valence-electron chi connectivity index (χ0n) is 14.4. The first-order valence-corrected chi connectivity index (χ1v) is 9.44. The second kappa shape index (κ2) is 7.94. The first-order chi connectivity index (χ1) is 12.5. The summed E-state index contributed by atoms with van der Waals surface area (Å²) < 4.78 is 26.8. The molecule has 0 radical (unpaired) electrons. The Kier molecular flexibility index (Phi) is 5.64. The molecule has 1 heterocycles. The fourth-order valence-electron chi connectivity index (χ4n) is 3.23. The third-order valence-electron chi connectivity index (χ3n) is 4.65. The minimum atomic E-state index is -0.623. The molecule has 0 saturated heterocycles. The standard InChI is InChI=1S/C19H19F2N3OS/c1-11(13-7-6-12(20)8-16(13)21)23-10-18(25)24-19-15(9-22)14-4-2-3-5-17(14)26-19/h6-8,11,23H,2-5,10H2,1H3,(H,24,25)/p+1/t11-/m0/s1. The smallest absolute Gasteiger partial charge is 0.280 e. The monoisotopic (exact) mass is 376 g/mol. The lowest BCUT2D eigenvalue weighted by molar-refractivity contribution is -0.682. The number of benzene rings is 1. The molecule has 136 valence electrons. The summed E-state index contributed by atoms with van der Waals surface area (Å²) in [6, 6.07) is 5.33. The summed E-state index contributed by atoms with van der Waals surface area (Å²) in [4.78, 5) is 13.5. The number of fused-ring (bicyclic) bond motifs is 1. The van der Waals surface area contributed by atoms with Crippen molar-refractivity contribution in [1.29, 1.82) is 5.26 Å². The molecule has 0 unspecified atom stereocenters. The number of thiophene rings is 1. The fourth-order valence-corrected chi connectivity index (χ4v) is 4.49. The Labute approximate surface area is 154 Å². The maximum atomic E-state index is 13.8. The molecular weight excluding hydrogens is 356 g/mol. The van der Waals surface area contributed by atoms with Gasteiger partial charge in [-0.05, 0) is 50.3 Å². The van der Waals surface area contributed by atoms with Crippen molar-refractivity contribution in [2.45, 2.75) is 38.6 Å². The molecule has 0 spiro atoms. The Morgan fingerprint density at radius 1 is 1.38 bits per heavy atom. The Morgan fingerprint density at radius 3 is 2.88 bits per heavy atom. The lowest BCUT2D eigenvalue weighted by atomic mass is 9.96. The van der Waals surface area contributed by atoms with Gasteiger partial charge in [-0.15, -0.1) is 11.3 Å². The van der Waals surface area contributed by atoms with Crippen LogP contribution in [0.25, 0.3) is 0 Å². The Bertz CT molecular complexity index is 872. The van der Waals surface area contributed by atoms with Crippen LogP contribution >= 0.6 is 11.3 Å². The number of carbonyl (C=O) groups excluding carboxylic acids is 1. The highest BCUT2D eigenvalue weighted by Gasteiger charge is 2.22. The number of amides is 1. The van der Waals surface area contributed by atoms with E-state index >= 15 is 0 Å². The Morgan fingerprint density at radius 2 is 2.15 bits per heavy atom. The number of hydrogen-bond donors (Lipinski definition) is 2. The molecule has 4 nitrogen and oxygen atoms in total. The molecule has 1 aliphatic carbocycles. The molecule has 0 fully saturated rings. The second-order valence-electron chi connectivity index (χ2n) is 6.47. The van der Waals surface area contributed by atoms with Gasteiger partial charge in [0.2, 0.25) is 0 Å². The van der Waals surface area contributed by atoms with Crippen molar-refractivity contribution < 1.29 is 18.9 Å². The molecule has 26 heavy (non-hydrogen) atoms. The van der Waals surface area contributed by atoms with Crippen LogP contribution in [0, 0.1) is 23.0 Å². The van der Waals surface area contributed by atoms with E-state index < -0.39 is 11.6 Å². The summed E-state index contributed by atoms with van der Waals surface area (Å²) in [5.41, 5.74) is 2.00. The maximum absolute atomic E-state index is 13.8. The van der Waals surface area contributed by atoms with E-state index in [9.17, 15) is 18.8 Å². The zero-order chi connectivity index (χ0) is 18.7. The normalized spacial score (nSPS) is 14.4. The Balaban J connectivity index is 1.63. The number of nitrogens with two attached hydrogens (primary N) is 1. The van der Waals surface area contributed by atoms with Gasteiger partial charge < -0.3 is 10.6 Å². The van der Waals surface area contributed by atoms with Gasteiger partial charge in [-0.2, -0.15) is 5.26 Å². The highest BCUT2D eigenvalue weighted by molar-refractivity contribution is 7.16. The summed E-state index contributed by atoms with van der Waals surface area (Å²) in [5, 5.41) is 14.5. The SMILES string of the molecule is C[C@H]([NH2+]CC(=O)Nc1sc2c(c1C#N)CCCC2)c1ccc(F)cc1F. The molecule has 7 heteroatoms. The molecule has 1 aromatic carbocycles. The van der Waals surface area contributed by atoms with E-state index in [0.717, 1.165) is 37.3 Å². The number of carbonyl (C=O) groups is 1. The first-order valence-electron chi connectivity index (χ1n) is 8.62. The van der Waals surface area contributed by atoms with Crippen molar-refractivity contribution in [2.75, 3.05) is 11.9 Å². The summed E-state index contributed by atoms with van der Waals surface area (Å²) in [6.45, 7) is 1.85. The molecule has 3 rings (SSSR count). The van der Waals surface area contributed by atoms with E-state index in [2.05, 4.69) is 11.4 Å². The van der Waals surface area contributed by atoms with Crippen LogP contribution in [0.2, 0.25) is 0 Å². The molecule has 0 bridgehead atoms. The largest absolute Gasteiger partial charge is 0.332 e. The molecule has 0 saturated carbocycles. The maximum Gasteiger partial charge on any atom is 0.280 e. The summed E-state index contributed by atoms with van der Waals surface area (Å²) >= 11 is 1.48. The minimum absolute atomic E-state index is 0.0887. The molecule has 1 aromatic heterocycles. The van der Waals surface area contributed by atoms with Crippen molar-refractivity contribution in [2.24, 2.45) is 0 Å². The number of nitriles is 1. The van der Waals surface area contributed by atoms with Crippen LogP contribution in [0.3, 0.4) is 0 Å². The van der Waals surface area contributed by atoms with Gasteiger partial charge >= 0.3 is 0 Å². The number of halogens is 2. The third kappa shape index (κ3) is 3.92. The number of rotatable bonds is 5. The van der Waals surface area contributed by atoms with Gasteiger partial charge in [-0.25, -0.2) is 8.78 Å². The van der Waals surface area contributed by atoms with Crippen molar-refractivity contribution in [1.82, 2.24) is 0 Å². The lowest BCUT2D eigenvalue weighted by Gasteiger charge is -2.12. The number of nitrogens with zero attached hydrogens (tertiary/aromatic N) is 1. The van der Waals surface area contributed by atoms with E-state index in [1.165, 1.54) is 28.3 Å². The topological polar surface area (TPSA) is 69.5 Å². The number of anilines is 1. The van der Waals surface area contributed by atoms with Gasteiger partial charge in [-0.3, -0.25) is 4.79 Å². The zero-order valence-corrected chi connectivity index (χ0v) is 15.3. The molecule has 1 amide bonds. The van der Waals surface area contributed by atoms with Crippen LogP contribution in [0.15, 0.2) is 18.2 Å². The average molecular weight is 376 g/mol. The quantitative estimate of drug-likeness (QED) is 0.842. The van der Waals surface area contributed by atoms with Crippen molar-refractivity contribution in [3.05, 3.63) is 51.4 Å². The van der Waals surface area contributed by atoms with Crippen LogP contribution < -0.4 is 10.6 Å². The van der Waals surface area contributed by atoms with Crippen LogP contribution in [0.4, 0.5) is 13.8 Å². The van der Waals surface area contributed by atoms with E-state index in [1.54, 1.807) is 12.2 Å². The molecular formula is C19H20F2N3OS+. The van der Waals surface area contributed by atoms with Gasteiger partial charge in [0, 0.05) is 16.5 Å². The predicted octanol–water partition coefficient (Wildman–Crippen LogP) is 3.04. The molecule has 1 aliphatic rings. The molecule has 0 aliphatic heterocycles. The van der Waals surface area contributed by atoms with Crippen LogP contribution in [0.1, 0.15) is 47.4 Å². The van der Waals surface area contributed by atoms with E-state index in [1.807, 2.05) is 0 Å². The third-order valence-corrected chi connectivity index (χ3v) is 5.85. The molecule has 2 aromatic rings. The summed E-state index contributed by atoms with van der Waals surface area (Å²) in [6.07, 6.45) is 4.02. The van der Waals surface area contributed by atoms with E-state index in [4.69, 9.17) is 0 Å². The fraction of sp³-hybridized carbons (Fsp3) is 0.368. The van der Waals surface area contributed by atoms with Crippen LogP contribution in [0.5, 0.6) is 0 Å². The summed E-state index contributed by atoms with van der Waals surface area (Å²) in [5.74, 6) is -1.48. The average Bonchev–Trinajstić information content (AvgIpc) is 2.96. The number of hydrogen-bond acceptors (Lipinski definition) is 3. The number of aryl methyl sites for hydroxylation is 1. The lowest BCUT2D eigenvalue weighted by Crippen LogP contribution is -2.86. The number of nitrogens with one attached hydrogen (secondary N) is 1. The molecule has 3 N–H and O–H groups in total.